The third kappa shape index (κ3) is 5.53. The van der Waals surface area contributed by atoms with Gasteiger partial charge in [-0.25, -0.2) is 0 Å². The number of phenolic OH excluding ortho intramolecular Hbond substituents is 1. The van der Waals surface area contributed by atoms with Gasteiger partial charge in [0.25, 0.3) is 0 Å². The number of ether oxygens (including phenoxy) is 5. The molecule has 4 aliphatic rings. The summed E-state index contributed by atoms with van der Waals surface area (Å²) in [5.41, 5.74) is 7.09. The van der Waals surface area contributed by atoms with Gasteiger partial charge in [-0.2, -0.15) is 0 Å². The van der Waals surface area contributed by atoms with Crippen molar-refractivity contribution in [3.8, 4) is 46.0 Å². The van der Waals surface area contributed by atoms with Crippen molar-refractivity contribution < 1.29 is 37.8 Å². The second kappa shape index (κ2) is 11.7. The van der Waals surface area contributed by atoms with Crippen molar-refractivity contribution in [3.05, 3.63) is 94.0 Å². The molecule has 0 fully saturated rings. The summed E-state index contributed by atoms with van der Waals surface area (Å²) in [6.45, 7) is 1.96. The van der Waals surface area contributed by atoms with Crippen molar-refractivity contribution in [2.24, 2.45) is 0 Å². The molecule has 4 heterocycles. The summed E-state index contributed by atoms with van der Waals surface area (Å²) in [5, 5.41) is 10.8. The zero-order valence-corrected chi connectivity index (χ0v) is 28.6. The van der Waals surface area contributed by atoms with E-state index in [1.54, 1.807) is 27.4 Å². The Morgan fingerprint density at radius 2 is 1.30 bits per heavy atom. The fourth-order valence-electron chi connectivity index (χ4n) is 7.79. The number of hydrogen-bond donors (Lipinski definition) is 1. The van der Waals surface area contributed by atoms with Gasteiger partial charge in [0.1, 0.15) is 17.8 Å². The summed E-state index contributed by atoms with van der Waals surface area (Å²) in [6, 6.07) is 20.6. The van der Waals surface area contributed by atoms with Crippen molar-refractivity contribution >= 4 is 0 Å². The van der Waals surface area contributed by atoms with Crippen LogP contribution in [0.5, 0.6) is 46.0 Å². The molecule has 0 aliphatic carbocycles. The van der Waals surface area contributed by atoms with Crippen LogP contribution in [0.15, 0.2) is 60.7 Å². The van der Waals surface area contributed by atoms with E-state index in [0.717, 1.165) is 52.4 Å². The molecule has 4 aromatic carbocycles. The molecule has 8 rings (SSSR count). The lowest BCUT2D eigenvalue weighted by Crippen LogP contribution is -2.49. The Morgan fingerprint density at radius 1 is 0.660 bits per heavy atom. The van der Waals surface area contributed by atoms with Crippen LogP contribution in [-0.2, 0) is 25.7 Å². The van der Waals surface area contributed by atoms with Crippen LogP contribution >= 0.6 is 0 Å². The van der Waals surface area contributed by atoms with Gasteiger partial charge in [0.05, 0.1) is 68.2 Å². The first-order valence-corrected chi connectivity index (χ1v) is 16.4. The average molecular weight is 639 g/mol. The molecule has 6 bridgehead atoms. The third-order valence-electron chi connectivity index (χ3n) is 10.7. The van der Waals surface area contributed by atoms with E-state index in [1.165, 1.54) is 22.3 Å². The minimum atomic E-state index is 0.0103. The Kier molecular flexibility index (Phi) is 7.76. The van der Waals surface area contributed by atoms with E-state index in [-0.39, 0.29) is 17.8 Å². The van der Waals surface area contributed by atoms with E-state index in [9.17, 15) is 5.11 Å². The van der Waals surface area contributed by atoms with Crippen molar-refractivity contribution in [1.82, 2.24) is 0 Å². The normalized spacial score (nSPS) is 20.5. The van der Waals surface area contributed by atoms with E-state index >= 15 is 0 Å². The Bertz CT molecular complexity index is 1830. The summed E-state index contributed by atoms with van der Waals surface area (Å²) in [5.74, 6) is 4.48. The standard InChI is InChI=1S/C39H45N2O6/c1-40(2)16-14-26-21-34(43-5)35-23-29(26)30(40)18-24-8-11-28(12-9-24)46-33-20-25(10-13-32(33)42)19-31-37-27(15-17-41(31,3)4)22-36(44-6)38(45-7)39(37)47-35/h8-13,20-23,30-31H,14-19H2,1-7H3/q+1/p+1/t30-,31+/m0/s1. The molecule has 2 atom stereocenters. The summed E-state index contributed by atoms with van der Waals surface area (Å²) >= 11 is 0. The molecule has 47 heavy (non-hydrogen) atoms. The lowest BCUT2D eigenvalue weighted by Gasteiger charge is -2.44. The van der Waals surface area contributed by atoms with E-state index in [2.05, 4.69) is 58.5 Å². The molecule has 0 aromatic heterocycles. The molecule has 246 valence electrons. The van der Waals surface area contributed by atoms with E-state index in [4.69, 9.17) is 23.7 Å². The minimum Gasteiger partial charge on any atom is -0.504 e. The monoisotopic (exact) mass is 638 g/mol. The molecule has 0 unspecified atom stereocenters. The quantitative estimate of drug-likeness (QED) is 0.241. The molecule has 8 heteroatoms. The lowest BCUT2D eigenvalue weighted by atomic mass is 9.85. The maximum Gasteiger partial charge on any atom is 0.204 e. The van der Waals surface area contributed by atoms with E-state index in [0.29, 0.717) is 46.7 Å². The Balaban J connectivity index is 1.50. The highest BCUT2D eigenvalue weighted by Crippen LogP contribution is 2.53. The predicted molar refractivity (Wildman–Crippen MR) is 181 cm³/mol. The fraction of sp³-hybridized carbons (Fsp3) is 0.385. The van der Waals surface area contributed by atoms with Crippen LogP contribution in [0.1, 0.15) is 45.5 Å². The Hall–Kier alpha value is -4.40. The van der Waals surface area contributed by atoms with Gasteiger partial charge in [-0.05, 0) is 64.7 Å². The first kappa shape index (κ1) is 31.2. The van der Waals surface area contributed by atoms with Crippen LogP contribution in [0.25, 0.3) is 0 Å². The van der Waals surface area contributed by atoms with Crippen LogP contribution in [0, 0.1) is 0 Å². The molecule has 8 nitrogen and oxygen atoms in total. The van der Waals surface area contributed by atoms with E-state index in [1.807, 2.05) is 24.3 Å². The zero-order valence-electron chi connectivity index (χ0n) is 28.6. The molecule has 0 radical (unpaired) electrons. The molecule has 0 spiro atoms. The summed E-state index contributed by atoms with van der Waals surface area (Å²) < 4.78 is 33.0. The van der Waals surface area contributed by atoms with Crippen molar-refractivity contribution in [1.29, 1.82) is 0 Å². The summed E-state index contributed by atoms with van der Waals surface area (Å²) in [6.07, 6.45) is 3.36. The number of phenols is 1. The van der Waals surface area contributed by atoms with Crippen LogP contribution in [0.4, 0.5) is 0 Å². The molecular weight excluding hydrogens is 592 g/mol. The third-order valence-corrected chi connectivity index (χ3v) is 10.7. The van der Waals surface area contributed by atoms with Gasteiger partial charge in [-0.15, -0.1) is 0 Å². The minimum absolute atomic E-state index is 0.0103. The first-order valence-electron chi connectivity index (χ1n) is 16.4. The predicted octanol–water partition coefficient (Wildman–Crippen LogP) is 7.15. The van der Waals surface area contributed by atoms with E-state index < -0.39 is 0 Å². The maximum atomic E-state index is 10.8. The van der Waals surface area contributed by atoms with Crippen LogP contribution in [0.2, 0.25) is 0 Å². The number of quaternary nitrogens is 2. The van der Waals surface area contributed by atoms with Crippen LogP contribution in [0.3, 0.4) is 0 Å². The number of aromatic hydroxyl groups is 1. The number of likely N-dealkylation sites (N-methyl/N-ethyl adjacent to an activating group) is 2. The topological polar surface area (TPSA) is 66.4 Å². The lowest BCUT2D eigenvalue weighted by molar-refractivity contribution is -0.923. The number of fused-ring (bicyclic) bond motifs is 2. The highest BCUT2D eigenvalue weighted by atomic mass is 16.5. The van der Waals surface area contributed by atoms with Crippen molar-refractivity contribution in [2.45, 2.75) is 37.8 Å². The molecule has 0 saturated heterocycles. The zero-order chi connectivity index (χ0) is 33.1. The molecular formula is C39H46N2O6+2. The summed E-state index contributed by atoms with van der Waals surface area (Å²) in [7, 11) is 14.2. The van der Waals surface area contributed by atoms with Crippen molar-refractivity contribution in [3.63, 3.8) is 0 Å². The molecule has 0 saturated carbocycles. The Labute approximate surface area is 277 Å². The SMILES string of the molecule is COc1cc2c3cc1Oc1c(OC)c(OC)cc4c1[C@@H](Cc1ccc(O)c(c1)Oc1ccc(cc1)C[C@@H]3[N+](C)(C)CC2)[N+](C)(C)CC4. The van der Waals surface area contributed by atoms with Gasteiger partial charge in [0.2, 0.25) is 5.75 Å². The second-order valence-corrected chi connectivity index (χ2v) is 14.3. The van der Waals surface area contributed by atoms with Crippen molar-refractivity contribution in [2.75, 3.05) is 62.6 Å². The van der Waals surface area contributed by atoms with Gasteiger partial charge in [-0.3, -0.25) is 0 Å². The number of hydrogen-bond acceptors (Lipinski definition) is 6. The van der Waals surface area contributed by atoms with Gasteiger partial charge < -0.3 is 37.8 Å². The number of rotatable bonds is 3. The van der Waals surface area contributed by atoms with Gasteiger partial charge in [0.15, 0.2) is 34.5 Å². The average Bonchev–Trinajstić information content (AvgIpc) is 3.05. The fourth-order valence-corrected chi connectivity index (χ4v) is 7.79. The first-order chi connectivity index (χ1) is 22.5. The molecule has 0 amide bonds. The largest absolute Gasteiger partial charge is 0.504 e. The van der Waals surface area contributed by atoms with Gasteiger partial charge in [-0.1, -0.05) is 18.2 Å². The second-order valence-electron chi connectivity index (χ2n) is 14.3. The smallest absolute Gasteiger partial charge is 0.204 e. The number of benzene rings is 4. The molecule has 1 N–H and O–H groups in total. The maximum absolute atomic E-state index is 10.8. The highest BCUT2D eigenvalue weighted by molar-refractivity contribution is 5.63. The van der Waals surface area contributed by atoms with Gasteiger partial charge in [0, 0.05) is 31.2 Å². The molecule has 4 aromatic rings. The highest BCUT2D eigenvalue weighted by Gasteiger charge is 2.42. The number of nitrogens with zero attached hydrogens (tertiary/aromatic N) is 2. The van der Waals surface area contributed by atoms with Gasteiger partial charge >= 0.3 is 0 Å². The number of methoxy groups -OCH3 is 3. The molecule has 4 aliphatic heterocycles. The van der Waals surface area contributed by atoms with Crippen LogP contribution < -0.4 is 23.7 Å². The van der Waals surface area contributed by atoms with Crippen LogP contribution in [-0.4, -0.2) is 76.7 Å². The Morgan fingerprint density at radius 3 is 2.00 bits per heavy atom. The summed E-state index contributed by atoms with van der Waals surface area (Å²) in [4.78, 5) is 0.